The molecule has 0 rings (SSSR count). The molecule has 4 nitrogen and oxygen atoms in total. The third-order valence-electron chi connectivity index (χ3n) is 1.65. The molecule has 0 heterocycles. The maximum atomic E-state index is 10.5. The molecule has 0 amide bonds. The van der Waals surface area contributed by atoms with Crippen LogP contribution in [0.2, 0.25) is 0 Å². The van der Waals surface area contributed by atoms with E-state index in [1.807, 2.05) is 0 Å². The summed E-state index contributed by atoms with van der Waals surface area (Å²) < 4.78 is 29.6. The lowest BCUT2D eigenvalue weighted by atomic mass is 10.3. The van der Waals surface area contributed by atoms with Gasteiger partial charge in [0.05, 0.1) is 5.25 Å². The lowest BCUT2D eigenvalue weighted by Gasteiger charge is -2.08. The van der Waals surface area contributed by atoms with Crippen LogP contribution < -0.4 is 5.32 Å². The number of unbranched alkanes of at least 4 members (excludes halogenated alkanes) is 1. The van der Waals surface area contributed by atoms with Crippen molar-refractivity contribution in [2.45, 2.75) is 31.9 Å². The zero-order chi connectivity index (χ0) is 9.61. The molecule has 0 spiro atoms. The van der Waals surface area contributed by atoms with Crippen LogP contribution in [0.15, 0.2) is 0 Å². The molecule has 0 bridgehead atoms. The third kappa shape index (κ3) is 5.51. The summed E-state index contributed by atoms with van der Waals surface area (Å²) in [5.74, 6) is 0. The van der Waals surface area contributed by atoms with E-state index in [2.05, 4.69) is 12.2 Å². The van der Waals surface area contributed by atoms with Crippen molar-refractivity contribution in [3.8, 4) is 0 Å². The second-order valence-corrected chi connectivity index (χ2v) is 4.72. The summed E-state index contributed by atoms with van der Waals surface area (Å²) in [6, 6.07) is 0. The van der Waals surface area contributed by atoms with Gasteiger partial charge in [-0.3, -0.25) is 4.55 Å². The first-order valence-corrected chi connectivity index (χ1v) is 5.65. The maximum absolute atomic E-state index is 10.5. The van der Waals surface area contributed by atoms with E-state index in [4.69, 9.17) is 4.55 Å². The van der Waals surface area contributed by atoms with E-state index in [-0.39, 0.29) is 0 Å². The van der Waals surface area contributed by atoms with Crippen molar-refractivity contribution in [2.75, 3.05) is 13.1 Å². The molecular formula is C7H17NO3S. The zero-order valence-electron chi connectivity index (χ0n) is 7.58. The van der Waals surface area contributed by atoms with Gasteiger partial charge in [-0.15, -0.1) is 0 Å². The van der Waals surface area contributed by atoms with Crippen LogP contribution in [0.25, 0.3) is 0 Å². The van der Waals surface area contributed by atoms with Crippen LogP contribution in [0.5, 0.6) is 0 Å². The fourth-order valence-corrected chi connectivity index (χ4v) is 1.04. The van der Waals surface area contributed by atoms with Crippen molar-refractivity contribution in [2.24, 2.45) is 0 Å². The normalized spacial score (nSPS) is 14.6. The standard InChI is InChI=1S/C7H17NO3S/c1-3-4-5-8-6-7(2)12(9,10)11/h7-8H,3-6H2,1-2H3,(H,9,10,11). The number of rotatable bonds is 6. The minimum Gasteiger partial charge on any atom is -0.315 e. The molecule has 0 saturated carbocycles. The predicted octanol–water partition coefficient (Wildman–Crippen LogP) is 0.652. The fraction of sp³-hybridized carbons (Fsp3) is 1.00. The van der Waals surface area contributed by atoms with Crippen LogP contribution in [0, 0.1) is 0 Å². The highest BCUT2D eigenvalue weighted by Crippen LogP contribution is 1.94. The van der Waals surface area contributed by atoms with Crippen molar-refractivity contribution in [3.63, 3.8) is 0 Å². The van der Waals surface area contributed by atoms with E-state index in [1.54, 1.807) is 0 Å². The van der Waals surface area contributed by atoms with Gasteiger partial charge in [-0.25, -0.2) is 0 Å². The monoisotopic (exact) mass is 195 g/mol. The molecule has 0 aliphatic rings. The Morgan fingerprint density at radius 3 is 2.50 bits per heavy atom. The first kappa shape index (κ1) is 11.9. The Bertz CT molecular complexity index is 201. The van der Waals surface area contributed by atoms with E-state index in [1.165, 1.54) is 6.92 Å². The average molecular weight is 195 g/mol. The summed E-state index contributed by atoms with van der Waals surface area (Å²) in [6.07, 6.45) is 2.10. The SMILES string of the molecule is CCCCNCC(C)S(=O)(=O)O. The molecule has 0 aromatic rings. The Labute approximate surface area is 74.1 Å². The molecule has 0 aliphatic carbocycles. The highest BCUT2D eigenvalue weighted by atomic mass is 32.2. The van der Waals surface area contributed by atoms with Crippen molar-refractivity contribution in [1.29, 1.82) is 0 Å². The van der Waals surface area contributed by atoms with Crippen molar-refractivity contribution in [3.05, 3.63) is 0 Å². The van der Waals surface area contributed by atoms with Gasteiger partial charge in [0.15, 0.2) is 0 Å². The van der Waals surface area contributed by atoms with Crippen molar-refractivity contribution in [1.82, 2.24) is 5.32 Å². The molecular weight excluding hydrogens is 178 g/mol. The molecule has 74 valence electrons. The van der Waals surface area contributed by atoms with Gasteiger partial charge in [0.2, 0.25) is 0 Å². The minimum atomic E-state index is -3.85. The van der Waals surface area contributed by atoms with Crippen LogP contribution in [0.4, 0.5) is 0 Å². The van der Waals surface area contributed by atoms with Gasteiger partial charge in [-0.05, 0) is 19.9 Å². The van der Waals surface area contributed by atoms with E-state index < -0.39 is 15.4 Å². The summed E-state index contributed by atoms with van der Waals surface area (Å²) in [7, 11) is -3.85. The fourth-order valence-electron chi connectivity index (χ4n) is 0.712. The molecule has 12 heavy (non-hydrogen) atoms. The van der Waals surface area contributed by atoms with Gasteiger partial charge >= 0.3 is 0 Å². The van der Waals surface area contributed by atoms with Crippen LogP contribution in [0.3, 0.4) is 0 Å². The zero-order valence-corrected chi connectivity index (χ0v) is 8.39. The van der Waals surface area contributed by atoms with E-state index >= 15 is 0 Å². The highest BCUT2D eigenvalue weighted by molar-refractivity contribution is 7.86. The van der Waals surface area contributed by atoms with Crippen LogP contribution in [0.1, 0.15) is 26.7 Å². The Morgan fingerprint density at radius 2 is 2.08 bits per heavy atom. The largest absolute Gasteiger partial charge is 0.315 e. The van der Waals surface area contributed by atoms with Gasteiger partial charge in [-0.2, -0.15) is 8.42 Å². The molecule has 0 aromatic heterocycles. The Morgan fingerprint density at radius 1 is 1.50 bits per heavy atom. The molecule has 0 radical (unpaired) electrons. The lowest BCUT2D eigenvalue weighted by Crippen LogP contribution is -2.31. The smallest absolute Gasteiger partial charge is 0.268 e. The second-order valence-electron chi connectivity index (χ2n) is 2.88. The molecule has 1 atom stereocenters. The van der Waals surface area contributed by atoms with Crippen LogP contribution in [-0.4, -0.2) is 31.3 Å². The average Bonchev–Trinajstić information content (AvgIpc) is 1.96. The quantitative estimate of drug-likeness (QED) is 0.482. The maximum Gasteiger partial charge on any atom is 0.268 e. The van der Waals surface area contributed by atoms with E-state index in [0.29, 0.717) is 6.54 Å². The van der Waals surface area contributed by atoms with Gasteiger partial charge in [0.1, 0.15) is 0 Å². The Balaban J connectivity index is 3.52. The minimum absolute atomic E-state index is 0.318. The summed E-state index contributed by atoms with van der Waals surface area (Å²) in [4.78, 5) is 0. The molecule has 1 unspecified atom stereocenters. The number of hydrogen-bond acceptors (Lipinski definition) is 3. The molecule has 2 N–H and O–H groups in total. The van der Waals surface area contributed by atoms with E-state index in [9.17, 15) is 8.42 Å². The van der Waals surface area contributed by atoms with Gasteiger partial charge in [0, 0.05) is 6.54 Å². The molecule has 0 aliphatic heterocycles. The van der Waals surface area contributed by atoms with Crippen LogP contribution in [-0.2, 0) is 10.1 Å². The number of nitrogens with one attached hydrogen (secondary N) is 1. The second kappa shape index (κ2) is 5.50. The van der Waals surface area contributed by atoms with Gasteiger partial charge in [0.25, 0.3) is 10.1 Å². The predicted molar refractivity (Wildman–Crippen MR) is 48.8 cm³/mol. The first-order chi connectivity index (χ1) is 5.48. The van der Waals surface area contributed by atoms with E-state index in [0.717, 1.165) is 19.4 Å². The van der Waals surface area contributed by atoms with Crippen LogP contribution >= 0.6 is 0 Å². The third-order valence-corrected chi connectivity index (χ3v) is 2.83. The molecule has 5 heteroatoms. The van der Waals surface area contributed by atoms with Gasteiger partial charge in [-0.1, -0.05) is 13.3 Å². The summed E-state index contributed by atoms with van der Waals surface area (Å²) >= 11 is 0. The summed E-state index contributed by atoms with van der Waals surface area (Å²) in [5.41, 5.74) is 0. The van der Waals surface area contributed by atoms with Crippen molar-refractivity contribution >= 4 is 10.1 Å². The Kier molecular flexibility index (Phi) is 5.44. The summed E-state index contributed by atoms with van der Waals surface area (Å²) in [6.45, 7) is 4.66. The molecule has 0 saturated heterocycles. The first-order valence-electron chi connectivity index (χ1n) is 4.15. The highest BCUT2D eigenvalue weighted by Gasteiger charge is 2.15. The summed E-state index contributed by atoms with van der Waals surface area (Å²) in [5, 5.41) is 2.24. The lowest BCUT2D eigenvalue weighted by molar-refractivity contribution is 0.464. The number of hydrogen-bond donors (Lipinski definition) is 2. The van der Waals surface area contributed by atoms with Crippen molar-refractivity contribution < 1.29 is 13.0 Å². The Hall–Kier alpha value is -0.130. The molecule has 0 aromatic carbocycles. The molecule has 0 fully saturated rings. The van der Waals surface area contributed by atoms with Gasteiger partial charge < -0.3 is 5.32 Å². The topological polar surface area (TPSA) is 66.4 Å².